The highest BCUT2D eigenvalue weighted by atomic mass is 16.5. The van der Waals surface area contributed by atoms with Gasteiger partial charge >= 0.3 is 0 Å². The van der Waals surface area contributed by atoms with Crippen LogP contribution in [0.15, 0.2) is 36.4 Å². The van der Waals surface area contributed by atoms with Crippen LogP contribution in [0.4, 0.5) is 5.95 Å². The van der Waals surface area contributed by atoms with E-state index in [9.17, 15) is 0 Å². The number of ether oxygens (including phenoxy) is 1. The maximum atomic E-state index is 5.98. The van der Waals surface area contributed by atoms with Crippen molar-refractivity contribution in [2.75, 3.05) is 19.4 Å². The molecule has 1 unspecified atom stereocenters. The Hall–Kier alpha value is -2.40. The third kappa shape index (κ3) is 3.37. The molecule has 0 spiro atoms. The summed E-state index contributed by atoms with van der Waals surface area (Å²) in [6.45, 7) is 2.88. The van der Waals surface area contributed by atoms with Crippen LogP contribution in [0.5, 0.6) is 5.75 Å². The zero-order chi connectivity index (χ0) is 17.2. The SMILES string of the molecule is COc1ccc(-c2nc(N)nc3c2CN(CC2CC=CCC2)C3)cc1. The van der Waals surface area contributed by atoms with Gasteiger partial charge in [-0.15, -0.1) is 0 Å². The molecule has 1 aromatic carbocycles. The van der Waals surface area contributed by atoms with E-state index in [1.165, 1.54) is 24.8 Å². The third-order valence-corrected chi connectivity index (χ3v) is 5.12. The second kappa shape index (κ2) is 6.84. The van der Waals surface area contributed by atoms with Crippen molar-refractivity contribution in [3.8, 4) is 17.0 Å². The first-order valence-electron chi connectivity index (χ1n) is 8.90. The van der Waals surface area contributed by atoms with Crippen molar-refractivity contribution in [2.24, 2.45) is 5.92 Å². The molecule has 0 radical (unpaired) electrons. The molecule has 1 aliphatic carbocycles. The van der Waals surface area contributed by atoms with Crippen molar-refractivity contribution in [1.29, 1.82) is 0 Å². The molecule has 0 amide bonds. The highest BCUT2D eigenvalue weighted by molar-refractivity contribution is 5.66. The van der Waals surface area contributed by atoms with Gasteiger partial charge < -0.3 is 10.5 Å². The Morgan fingerprint density at radius 2 is 2.00 bits per heavy atom. The number of hydrogen-bond donors (Lipinski definition) is 1. The van der Waals surface area contributed by atoms with Crippen LogP contribution in [-0.4, -0.2) is 28.5 Å². The molecule has 1 aromatic heterocycles. The first-order valence-corrected chi connectivity index (χ1v) is 8.90. The number of nitrogens with two attached hydrogens (primary N) is 1. The second-order valence-corrected chi connectivity index (χ2v) is 6.90. The molecule has 0 saturated carbocycles. The van der Waals surface area contributed by atoms with Crippen molar-refractivity contribution in [1.82, 2.24) is 14.9 Å². The number of nitrogens with zero attached hydrogens (tertiary/aromatic N) is 3. The summed E-state index contributed by atoms with van der Waals surface area (Å²) in [6.07, 6.45) is 8.28. The Bertz CT molecular complexity index is 785. The summed E-state index contributed by atoms with van der Waals surface area (Å²) in [6, 6.07) is 7.99. The summed E-state index contributed by atoms with van der Waals surface area (Å²) in [5.74, 6) is 1.94. The number of nitrogen functional groups attached to an aromatic ring is 1. The molecule has 5 heteroatoms. The summed E-state index contributed by atoms with van der Waals surface area (Å²) in [7, 11) is 1.67. The molecule has 130 valence electrons. The van der Waals surface area contributed by atoms with Crippen LogP contribution >= 0.6 is 0 Å². The molecule has 0 saturated heterocycles. The Labute approximate surface area is 148 Å². The smallest absolute Gasteiger partial charge is 0.220 e. The minimum atomic E-state index is 0.354. The first-order chi connectivity index (χ1) is 12.2. The first kappa shape index (κ1) is 16.1. The standard InChI is InChI=1S/C20H24N4O/c1-25-16-9-7-15(8-10-16)19-17-12-24(11-14-5-3-2-4-6-14)13-18(17)22-20(21)23-19/h2-3,7-10,14H,4-6,11-13H2,1H3,(H2,21,22,23). The number of benzene rings is 1. The highest BCUT2D eigenvalue weighted by Gasteiger charge is 2.27. The van der Waals surface area contributed by atoms with Crippen LogP contribution < -0.4 is 10.5 Å². The Kier molecular flexibility index (Phi) is 4.40. The van der Waals surface area contributed by atoms with Crippen LogP contribution in [0.2, 0.25) is 0 Å². The number of aromatic nitrogens is 2. The summed E-state index contributed by atoms with van der Waals surface area (Å²) in [4.78, 5) is 11.5. The molecule has 2 aromatic rings. The second-order valence-electron chi connectivity index (χ2n) is 6.90. The highest BCUT2D eigenvalue weighted by Crippen LogP contribution is 2.33. The molecule has 4 rings (SSSR count). The molecule has 1 atom stereocenters. The minimum Gasteiger partial charge on any atom is -0.497 e. The van der Waals surface area contributed by atoms with Crippen molar-refractivity contribution in [3.63, 3.8) is 0 Å². The zero-order valence-electron chi connectivity index (χ0n) is 14.6. The van der Waals surface area contributed by atoms with E-state index in [1.54, 1.807) is 7.11 Å². The minimum absolute atomic E-state index is 0.354. The maximum Gasteiger partial charge on any atom is 0.220 e. The third-order valence-electron chi connectivity index (χ3n) is 5.12. The van der Waals surface area contributed by atoms with Gasteiger partial charge in [0, 0.05) is 30.8 Å². The summed E-state index contributed by atoms with van der Waals surface area (Å²) < 4.78 is 5.25. The normalized spacial score (nSPS) is 19.8. The topological polar surface area (TPSA) is 64.3 Å². The lowest BCUT2D eigenvalue weighted by Gasteiger charge is -2.23. The number of hydrogen-bond acceptors (Lipinski definition) is 5. The van der Waals surface area contributed by atoms with Gasteiger partial charge in [-0.05, 0) is 49.4 Å². The lowest BCUT2D eigenvalue weighted by atomic mass is 9.94. The fourth-order valence-electron chi connectivity index (χ4n) is 3.84. The number of rotatable bonds is 4. The van der Waals surface area contributed by atoms with E-state index < -0.39 is 0 Å². The summed E-state index contributed by atoms with van der Waals surface area (Å²) >= 11 is 0. The maximum absolute atomic E-state index is 5.98. The quantitative estimate of drug-likeness (QED) is 0.867. The van der Waals surface area contributed by atoms with Gasteiger partial charge in [0.05, 0.1) is 18.5 Å². The van der Waals surface area contributed by atoms with Gasteiger partial charge in [-0.1, -0.05) is 12.2 Å². The van der Waals surface area contributed by atoms with Crippen LogP contribution in [0.25, 0.3) is 11.3 Å². The van der Waals surface area contributed by atoms with Gasteiger partial charge in [0.2, 0.25) is 5.95 Å². The fraction of sp³-hybridized carbons (Fsp3) is 0.400. The number of anilines is 1. The van der Waals surface area contributed by atoms with E-state index in [4.69, 9.17) is 10.5 Å². The van der Waals surface area contributed by atoms with Gasteiger partial charge in [0.15, 0.2) is 0 Å². The van der Waals surface area contributed by atoms with E-state index in [0.29, 0.717) is 5.95 Å². The van der Waals surface area contributed by atoms with E-state index in [-0.39, 0.29) is 0 Å². The van der Waals surface area contributed by atoms with Crippen molar-refractivity contribution < 1.29 is 4.74 Å². The van der Waals surface area contributed by atoms with Crippen LogP contribution in [0, 0.1) is 5.92 Å². The molecular formula is C20H24N4O. The monoisotopic (exact) mass is 336 g/mol. The van der Waals surface area contributed by atoms with E-state index in [0.717, 1.165) is 48.3 Å². The molecule has 2 N–H and O–H groups in total. The van der Waals surface area contributed by atoms with Crippen molar-refractivity contribution in [2.45, 2.75) is 32.4 Å². The Morgan fingerprint density at radius 3 is 2.72 bits per heavy atom. The molecular weight excluding hydrogens is 312 g/mol. The lowest BCUT2D eigenvalue weighted by Crippen LogP contribution is -2.25. The van der Waals surface area contributed by atoms with Gasteiger partial charge in [0.25, 0.3) is 0 Å². The van der Waals surface area contributed by atoms with Crippen LogP contribution in [-0.2, 0) is 13.1 Å². The van der Waals surface area contributed by atoms with Gasteiger partial charge in [-0.3, -0.25) is 4.90 Å². The van der Waals surface area contributed by atoms with Gasteiger partial charge in [-0.25, -0.2) is 9.97 Å². The van der Waals surface area contributed by atoms with Crippen LogP contribution in [0.3, 0.4) is 0 Å². The predicted octanol–water partition coefficient (Wildman–Crippen LogP) is 3.41. The summed E-state index contributed by atoms with van der Waals surface area (Å²) in [5.41, 5.74) is 10.3. The number of allylic oxidation sites excluding steroid dienone is 2. The molecule has 2 heterocycles. The Morgan fingerprint density at radius 1 is 1.16 bits per heavy atom. The van der Waals surface area contributed by atoms with Gasteiger partial charge in [0.1, 0.15) is 5.75 Å². The Balaban J connectivity index is 1.58. The van der Waals surface area contributed by atoms with E-state index >= 15 is 0 Å². The van der Waals surface area contributed by atoms with E-state index in [1.807, 2.05) is 24.3 Å². The average Bonchev–Trinajstić information content (AvgIpc) is 3.04. The van der Waals surface area contributed by atoms with Crippen LogP contribution in [0.1, 0.15) is 30.5 Å². The summed E-state index contributed by atoms with van der Waals surface area (Å²) in [5, 5.41) is 0. The fourth-order valence-corrected chi connectivity index (χ4v) is 3.84. The number of methoxy groups -OCH3 is 1. The molecule has 0 bridgehead atoms. The molecule has 2 aliphatic rings. The molecule has 1 aliphatic heterocycles. The largest absolute Gasteiger partial charge is 0.497 e. The molecule has 25 heavy (non-hydrogen) atoms. The number of fused-ring (bicyclic) bond motifs is 1. The zero-order valence-corrected chi connectivity index (χ0v) is 14.6. The molecule has 5 nitrogen and oxygen atoms in total. The predicted molar refractivity (Wildman–Crippen MR) is 99.0 cm³/mol. The van der Waals surface area contributed by atoms with Crippen molar-refractivity contribution >= 4 is 5.95 Å². The molecule has 0 fully saturated rings. The average molecular weight is 336 g/mol. The lowest BCUT2D eigenvalue weighted by molar-refractivity contribution is 0.226. The van der Waals surface area contributed by atoms with E-state index in [2.05, 4.69) is 27.0 Å². The van der Waals surface area contributed by atoms with Gasteiger partial charge in [-0.2, -0.15) is 0 Å². The van der Waals surface area contributed by atoms with Crippen molar-refractivity contribution in [3.05, 3.63) is 47.7 Å².